The van der Waals surface area contributed by atoms with Crippen molar-refractivity contribution in [3.63, 3.8) is 0 Å². The molecule has 1 aliphatic heterocycles. The zero-order valence-corrected chi connectivity index (χ0v) is 22.1. The zero-order valence-electron chi connectivity index (χ0n) is 21.4. The number of carbonyl (C=O) groups is 1. The van der Waals surface area contributed by atoms with E-state index in [-0.39, 0.29) is 5.91 Å². The number of aromatic nitrogens is 4. The summed E-state index contributed by atoms with van der Waals surface area (Å²) in [5, 5.41) is 17.1. The maximum atomic E-state index is 12.1. The Morgan fingerprint density at radius 3 is 2.70 bits per heavy atom. The highest BCUT2D eigenvalue weighted by molar-refractivity contribution is 6.30. The van der Waals surface area contributed by atoms with Gasteiger partial charge in [-0.15, -0.1) is 0 Å². The lowest BCUT2D eigenvalue weighted by Gasteiger charge is -2.16. The lowest BCUT2D eigenvalue weighted by molar-refractivity contribution is -0.436. The van der Waals surface area contributed by atoms with Gasteiger partial charge in [0.15, 0.2) is 41.5 Å². The number of imidazole rings is 1. The number of fused-ring (bicyclic) bond motifs is 1. The summed E-state index contributed by atoms with van der Waals surface area (Å²) >= 11 is 6.26. The maximum absolute atomic E-state index is 12.1. The first kappa shape index (κ1) is 28.5. The minimum absolute atomic E-state index is 0.352. The highest BCUT2D eigenvalue weighted by Gasteiger charge is 2.49. The van der Waals surface area contributed by atoms with Gasteiger partial charge < -0.3 is 42.0 Å². The molecule has 40 heavy (non-hydrogen) atoms. The maximum Gasteiger partial charge on any atom is 0.255 e. The second-order valence-electron chi connectivity index (χ2n) is 8.73. The standard InChI is InChI=1S/C25H26ClN7O4.N3/c1-28-24(35)21-18(27)20(34)25(37-21)33-13-32-19-22(30-12-31-23(19)33)29-10-15-9-16(26)7-8-17(15)36-11-14-5-3-2-4-6-14;1-3-2/h2-9,12-13,18,20-21,25,34H,10-11,27H2,1H3,(H,28,35)(H,29,30,31);/q;-1/p+1/t18-,20+,21-,25+;/m0./s1. The van der Waals surface area contributed by atoms with Crippen LogP contribution < -0.4 is 21.1 Å². The number of rotatable bonds is 8. The third-order valence-corrected chi connectivity index (χ3v) is 6.48. The van der Waals surface area contributed by atoms with Gasteiger partial charge >= 0.3 is 0 Å². The van der Waals surface area contributed by atoms with Gasteiger partial charge in [-0.3, -0.25) is 14.3 Å². The van der Waals surface area contributed by atoms with Gasteiger partial charge in [0.1, 0.15) is 18.7 Å². The number of aliphatic hydroxyl groups excluding tert-OH is 1. The van der Waals surface area contributed by atoms with Crippen molar-refractivity contribution in [1.29, 1.82) is 0 Å². The second kappa shape index (κ2) is 13.1. The van der Waals surface area contributed by atoms with Crippen LogP contribution in [0.1, 0.15) is 17.4 Å². The number of halogens is 1. The van der Waals surface area contributed by atoms with E-state index in [0.717, 1.165) is 11.1 Å². The Bertz CT molecular complexity index is 1500. The minimum atomic E-state index is -1.03. The molecule has 0 bridgehead atoms. The second-order valence-corrected chi connectivity index (χ2v) is 9.17. The predicted molar refractivity (Wildman–Crippen MR) is 146 cm³/mol. The number of nitrogens with one attached hydrogen (secondary N) is 2. The summed E-state index contributed by atoms with van der Waals surface area (Å²) in [5.41, 5.74) is 20.2. The Morgan fingerprint density at radius 2 is 1.98 bits per heavy atom. The van der Waals surface area contributed by atoms with Gasteiger partial charge in [-0.2, -0.15) is 0 Å². The smallest absolute Gasteiger partial charge is 0.255 e. The topological polar surface area (TPSA) is 210 Å². The summed E-state index contributed by atoms with van der Waals surface area (Å²) < 4.78 is 13.5. The highest BCUT2D eigenvalue weighted by Crippen LogP contribution is 2.31. The number of carbonyl (C=O) groups excluding carboxylic acids is 1. The Labute approximate surface area is 233 Å². The van der Waals surface area contributed by atoms with Crippen molar-refractivity contribution in [3.8, 4) is 5.75 Å². The summed E-state index contributed by atoms with van der Waals surface area (Å²) in [6.45, 7) is 0.789. The van der Waals surface area contributed by atoms with Crippen LogP contribution in [-0.2, 0) is 22.7 Å². The number of hydrogen-bond acceptors (Lipinski definition) is 8. The summed E-state index contributed by atoms with van der Waals surface area (Å²) in [6.07, 6.45) is 0.113. The molecule has 208 valence electrons. The lowest BCUT2D eigenvalue weighted by atomic mass is 10.1. The normalized spacial score (nSPS) is 19.8. The number of ether oxygens (including phenoxy) is 2. The van der Waals surface area contributed by atoms with Gasteiger partial charge in [0, 0.05) is 24.2 Å². The Morgan fingerprint density at radius 1 is 1.23 bits per heavy atom. The van der Waals surface area contributed by atoms with Crippen molar-refractivity contribution in [2.45, 2.75) is 37.6 Å². The van der Waals surface area contributed by atoms with Crippen LogP contribution in [0.25, 0.3) is 27.1 Å². The first-order chi connectivity index (χ1) is 19.4. The third-order valence-electron chi connectivity index (χ3n) is 6.25. The number of benzene rings is 2. The Balaban J connectivity index is 0.00000118. The van der Waals surface area contributed by atoms with E-state index >= 15 is 0 Å². The van der Waals surface area contributed by atoms with Crippen LogP contribution in [-0.4, -0.2) is 55.8 Å². The first-order valence-electron chi connectivity index (χ1n) is 12.1. The van der Waals surface area contributed by atoms with E-state index in [2.05, 4.69) is 31.3 Å². The van der Waals surface area contributed by atoms with E-state index in [9.17, 15) is 9.90 Å². The number of hydrogen-bond donors (Lipinski definition) is 4. The molecule has 1 aliphatic rings. The van der Waals surface area contributed by atoms with E-state index < -0.39 is 24.5 Å². The molecule has 2 aromatic carbocycles. The molecule has 6 N–H and O–H groups in total. The van der Waals surface area contributed by atoms with Crippen molar-refractivity contribution in [1.82, 2.24) is 24.8 Å². The number of likely N-dealkylation sites (N-methyl/N-ethyl adjacent to an activating group) is 1. The highest BCUT2D eigenvalue weighted by atomic mass is 35.5. The molecule has 3 heterocycles. The molecule has 1 saturated heterocycles. The monoisotopic (exact) mass is 566 g/mol. The summed E-state index contributed by atoms with van der Waals surface area (Å²) in [5.74, 6) is 0.829. The molecule has 15 heteroatoms. The molecule has 0 unspecified atom stereocenters. The van der Waals surface area contributed by atoms with Gasteiger partial charge in [-0.1, -0.05) is 41.9 Å². The van der Waals surface area contributed by atoms with E-state index in [1.54, 1.807) is 10.6 Å². The molecule has 4 aromatic rings. The van der Waals surface area contributed by atoms with Crippen molar-refractivity contribution >= 4 is 34.5 Å². The summed E-state index contributed by atoms with van der Waals surface area (Å²) in [6, 6.07) is 14.7. The molecule has 14 nitrogen and oxygen atoms in total. The summed E-state index contributed by atoms with van der Waals surface area (Å²) in [7, 11) is 1.51. The van der Waals surface area contributed by atoms with Crippen LogP contribution in [0.3, 0.4) is 0 Å². The van der Waals surface area contributed by atoms with Gasteiger partial charge in [0.25, 0.3) is 5.91 Å². The molecule has 5 rings (SSSR count). The molecule has 0 saturated carbocycles. The van der Waals surface area contributed by atoms with Crippen LogP contribution in [0.15, 0.2) is 61.2 Å². The van der Waals surface area contributed by atoms with Crippen molar-refractivity contribution < 1.29 is 25.1 Å². The number of nitrogens with zero attached hydrogens (tertiary/aromatic N) is 7. The quantitative estimate of drug-likeness (QED) is 0.141. The fourth-order valence-corrected chi connectivity index (χ4v) is 4.45. The van der Waals surface area contributed by atoms with Crippen molar-refractivity contribution in [3.05, 3.63) is 93.3 Å². The molecule has 1 fully saturated rings. The van der Waals surface area contributed by atoms with E-state index in [4.69, 9.17) is 32.1 Å². The van der Waals surface area contributed by atoms with E-state index in [1.807, 2.05) is 42.5 Å². The third kappa shape index (κ3) is 6.22. The van der Waals surface area contributed by atoms with Gasteiger partial charge in [-0.05, 0) is 23.8 Å². The van der Waals surface area contributed by atoms with Crippen LogP contribution in [0.4, 0.5) is 5.82 Å². The lowest BCUT2D eigenvalue weighted by Crippen LogP contribution is -2.71. The van der Waals surface area contributed by atoms with Crippen LogP contribution in [0, 0.1) is 0 Å². The van der Waals surface area contributed by atoms with E-state index in [0.29, 0.717) is 40.9 Å². The minimum Gasteiger partial charge on any atom is -0.489 e. The fourth-order valence-electron chi connectivity index (χ4n) is 4.26. The number of aliphatic hydroxyl groups is 1. The number of amides is 1. The molecular weight excluding hydrogens is 540 g/mol. The van der Waals surface area contributed by atoms with Crippen LogP contribution in [0.5, 0.6) is 5.75 Å². The van der Waals surface area contributed by atoms with Gasteiger partial charge in [-0.25, -0.2) is 15.0 Å². The van der Waals surface area contributed by atoms with Crippen molar-refractivity contribution in [2.75, 3.05) is 12.4 Å². The zero-order chi connectivity index (χ0) is 28.6. The van der Waals surface area contributed by atoms with Crippen LogP contribution >= 0.6 is 11.6 Å². The number of quaternary nitrogens is 1. The molecule has 0 radical (unpaired) electrons. The summed E-state index contributed by atoms with van der Waals surface area (Å²) in [4.78, 5) is 26.8. The molecule has 0 spiro atoms. The number of anilines is 1. The van der Waals surface area contributed by atoms with Gasteiger partial charge in [0.05, 0.1) is 6.33 Å². The fraction of sp³-hybridized carbons (Fsp3) is 0.280. The van der Waals surface area contributed by atoms with E-state index in [1.165, 1.54) is 24.6 Å². The van der Waals surface area contributed by atoms with Crippen LogP contribution in [0.2, 0.25) is 5.02 Å². The average Bonchev–Trinajstić information content (AvgIpc) is 3.52. The first-order valence-corrected chi connectivity index (χ1v) is 12.5. The molecule has 4 atom stereocenters. The Kier molecular flexibility index (Phi) is 9.32. The van der Waals surface area contributed by atoms with Crippen molar-refractivity contribution in [2.24, 2.45) is 0 Å². The molecule has 0 aliphatic carbocycles. The van der Waals surface area contributed by atoms with Gasteiger partial charge in [0.2, 0.25) is 0 Å². The largest absolute Gasteiger partial charge is 0.489 e. The predicted octanol–water partition coefficient (Wildman–Crippen LogP) is 2.15. The molecular formula is C25H27ClN10O4. The molecule has 2 aromatic heterocycles. The average molecular weight is 567 g/mol. The molecule has 1 amide bonds. The Hall–Kier alpha value is -4.46. The SMILES string of the molecule is CNC(=O)[C@H]1O[C@@H](n2cnc3c(NCc4cc(Cl)ccc4OCc4ccccc4)ncnc32)[C@H](O)[C@@H]1[NH3+].[N-]=[N+]=[N-].